The number of hydrogen-bond donors (Lipinski definition) is 0. The summed E-state index contributed by atoms with van der Waals surface area (Å²) in [5, 5.41) is 0. The van der Waals surface area contributed by atoms with E-state index in [4.69, 9.17) is 9.47 Å². The van der Waals surface area contributed by atoms with Gasteiger partial charge in [-0.2, -0.15) is 0 Å². The molecule has 0 aromatic heterocycles. The summed E-state index contributed by atoms with van der Waals surface area (Å²) in [5.41, 5.74) is 0.642. The molecule has 2 aromatic carbocycles. The predicted molar refractivity (Wildman–Crippen MR) is 116 cm³/mol. The molecule has 0 fully saturated rings. The number of rotatable bonds is 14. The van der Waals surface area contributed by atoms with Crippen LogP contribution in [0.4, 0.5) is 0 Å². The maximum absolute atomic E-state index is 10.7. The predicted octanol–water partition coefficient (Wildman–Crippen LogP) is 7.59. The highest BCUT2D eigenvalue weighted by atomic mass is 16.5. The molecule has 0 aliphatic heterocycles. The van der Waals surface area contributed by atoms with E-state index in [1.165, 1.54) is 38.5 Å². The standard InChI is InChI=1S/C25H34O3/c1-3-5-6-7-8-9-11-22(10-4-2)27-24-16-18-25(19-17-24)28-23-14-12-21(20-26)13-15-23/h12-20,22H,3-11H2,1-2H3. The lowest BCUT2D eigenvalue weighted by molar-refractivity contribution is 0.112. The van der Waals surface area contributed by atoms with Crippen LogP contribution >= 0.6 is 0 Å². The molecule has 3 nitrogen and oxygen atoms in total. The van der Waals surface area contributed by atoms with Crippen LogP contribution < -0.4 is 9.47 Å². The first-order valence-corrected chi connectivity index (χ1v) is 10.7. The van der Waals surface area contributed by atoms with Gasteiger partial charge >= 0.3 is 0 Å². The molecule has 0 bridgehead atoms. The fourth-order valence-electron chi connectivity index (χ4n) is 3.27. The van der Waals surface area contributed by atoms with Gasteiger partial charge < -0.3 is 9.47 Å². The van der Waals surface area contributed by atoms with Gasteiger partial charge in [-0.1, -0.05) is 52.4 Å². The summed E-state index contributed by atoms with van der Waals surface area (Å²) in [6.45, 7) is 4.47. The molecule has 152 valence electrons. The monoisotopic (exact) mass is 382 g/mol. The SMILES string of the molecule is CCCCCCCCC(CCC)Oc1ccc(Oc2ccc(C=O)cc2)cc1. The van der Waals surface area contributed by atoms with Crippen LogP contribution in [0.5, 0.6) is 17.2 Å². The van der Waals surface area contributed by atoms with Crippen LogP contribution in [0.25, 0.3) is 0 Å². The third-order valence-electron chi connectivity index (χ3n) is 4.87. The van der Waals surface area contributed by atoms with Gasteiger partial charge in [0.25, 0.3) is 0 Å². The molecule has 0 saturated heterocycles. The van der Waals surface area contributed by atoms with Crippen molar-refractivity contribution in [1.82, 2.24) is 0 Å². The molecule has 0 amide bonds. The van der Waals surface area contributed by atoms with Gasteiger partial charge in [0.05, 0.1) is 6.10 Å². The van der Waals surface area contributed by atoms with Crippen LogP contribution in [0.2, 0.25) is 0 Å². The largest absolute Gasteiger partial charge is 0.490 e. The molecule has 28 heavy (non-hydrogen) atoms. The Balaban J connectivity index is 1.81. The minimum atomic E-state index is 0.291. The van der Waals surface area contributed by atoms with Crippen molar-refractivity contribution in [2.75, 3.05) is 0 Å². The Morgan fingerprint density at radius 3 is 1.89 bits per heavy atom. The Bertz CT molecular complexity index is 661. The summed E-state index contributed by atoms with van der Waals surface area (Å²) < 4.78 is 12.0. The smallest absolute Gasteiger partial charge is 0.150 e. The summed E-state index contributed by atoms with van der Waals surface area (Å²) in [7, 11) is 0. The van der Waals surface area contributed by atoms with Crippen LogP contribution in [-0.4, -0.2) is 12.4 Å². The maximum atomic E-state index is 10.7. The van der Waals surface area contributed by atoms with Gasteiger partial charge in [0.2, 0.25) is 0 Å². The van der Waals surface area contributed by atoms with E-state index >= 15 is 0 Å². The van der Waals surface area contributed by atoms with Crippen molar-refractivity contribution in [1.29, 1.82) is 0 Å². The molecule has 0 N–H and O–H groups in total. The second kappa shape index (κ2) is 13.0. The quantitative estimate of drug-likeness (QED) is 0.249. The zero-order valence-corrected chi connectivity index (χ0v) is 17.4. The number of aldehydes is 1. The van der Waals surface area contributed by atoms with Gasteiger partial charge in [0.15, 0.2) is 0 Å². The lowest BCUT2D eigenvalue weighted by atomic mass is 10.0. The number of carbonyl (C=O) groups is 1. The molecule has 3 heteroatoms. The molecule has 0 radical (unpaired) electrons. The van der Waals surface area contributed by atoms with Crippen LogP contribution in [0.3, 0.4) is 0 Å². The lowest BCUT2D eigenvalue weighted by Crippen LogP contribution is -2.16. The first kappa shape index (κ1) is 22.0. The number of hydrogen-bond acceptors (Lipinski definition) is 3. The van der Waals surface area contributed by atoms with E-state index in [2.05, 4.69) is 13.8 Å². The summed E-state index contributed by atoms with van der Waals surface area (Å²) in [6.07, 6.45) is 12.4. The Morgan fingerprint density at radius 2 is 1.29 bits per heavy atom. The molecular weight excluding hydrogens is 348 g/mol. The second-order valence-corrected chi connectivity index (χ2v) is 7.35. The zero-order valence-electron chi connectivity index (χ0n) is 17.4. The summed E-state index contributed by atoms with van der Waals surface area (Å²) in [4.78, 5) is 10.7. The van der Waals surface area contributed by atoms with E-state index in [1.807, 2.05) is 24.3 Å². The highest BCUT2D eigenvalue weighted by Crippen LogP contribution is 2.25. The molecule has 0 heterocycles. The van der Waals surface area contributed by atoms with Gasteiger partial charge in [-0.3, -0.25) is 4.79 Å². The van der Waals surface area contributed by atoms with Gasteiger partial charge in [-0.25, -0.2) is 0 Å². The Kier molecular flexibility index (Phi) is 10.2. The van der Waals surface area contributed by atoms with Crippen molar-refractivity contribution in [3.05, 3.63) is 54.1 Å². The number of carbonyl (C=O) groups excluding carboxylic acids is 1. The third-order valence-corrected chi connectivity index (χ3v) is 4.87. The molecule has 0 aliphatic carbocycles. The number of unbranched alkanes of at least 4 members (excludes halogenated alkanes) is 5. The molecule has 2 rings (SSSR count). The van der Waals surface area contributed by atoms with Gasteiger partial charge in [0.1, 0.15) is 23.5 Å². The second-order valence-electron chi connectivity index (χ2n) is 7.35. The molecule has 0 aliphatic rings. The fourth-order valence-corrected chi connectivity index (χ4v) is 3.27. The lowest BCUT2D eigenvalue weighted by Gasteiger charge is -2.19. The van der Waals surface area contributed by atoms with Crippen molar-refractivity contribution in [2.24, 2.45) is 0 Å². The van der Waals surface area contributed by atoms with Crippen molar-refractivity contribution < 1.29 is 14.3 Å². The van der Waals surface area contributed by atoms with Gasteiger partial charge in [-0.05, 0) is 67.8 Å². The molecule has 1 atom stereocenters. The van der Waals surface area contributed by atoms with E-state index in [-0.39, 0.29) is 0 Å². The third kappa shape index (κ3) is 8.16. The average Bonchev–Trinajstić information content (AvgIpc) is 2.72. The Hall–Kier alpha value is -2.29. The molecule has 0 spiro atoms. The van der Waals surface area contributed by atoms with Crippen LogP contribution in [0.1, 0.15) is 82.0 Å². The van der Waals surface area contributed by atoms with E-state index < -0.39 is 0 Å². The normalized spacial score (nSPS) is 11.8. The summed E-state index contributed by atoms with van der Waals surface area (Å²) in [6, 6.07) is 14.9. The van der Waals surface area contributed by atoms with Crippen molar-refractivity contribution >= 4 is 6.29 Å². The average molecular weight is 383 g/mol. The number of ether oxygens (including phenoxy) is 2. The van der Waals surface area contributed by atoms with Gasteiger partial charge in [0, 0.05) is 5.56 Å². The zero-order chi connectivity index (χ0) is 20.0. The molecule has 1 unspecified atom stereocenters. The number of benzene rings is 2. The highest BCUT2D eigenvalue weighted by molar-refractivity contribution is 5.74. The topological polar surface area (TPSA) is 35.5 Å². The Morgan fingerprint density at radius 1 is 0.714 bits per heavy atom. The summed E-state index contributed by atoms with van der Waals surface area (Å²) >= 11 is 0. The Labute approximate surface area is 170 Å². The van der Waals surface area contributed by atoms with Crippen molar-refractivity contribution in [3.63, 3.8) is 0 Å². The van der Waals surface area contributed by atoms with Crippen LogP contribution in [0.15, 0.2) is 48.5 Å². The van der Waals surface area contributed by atoms with E-state index in [1.54, 1.807) is 24.3 Å². The first-order valence-electron chi connectivity index (χ1n) is 10.7. The highest BCUT2D eigenvalue weighted by Gasteiger charge is 2.10. The van der Waals surface area contributed by atoms with Crippen molar-refractivity contribution in [2.45, 2.75) is 77.7 Å². The molecule has 2 aromatic rings. The fraction of sp³-hybridized carbons (Fsp3) is 0.480. The van der Waals surface area contributed by atoms with Crippen LogP contribution in [-0.2, 0) is 0 Å². The van der Waals surface area contributed by atoms with Crippen LogP contribution in [0, 0.1) is 0 Å². The van der Waals surface area contributed by atoms with E-state index in [9.17, 15) is 4.79 Å². The minimum absolute atomic E-state index is 0.291. The summed E-state index contributed by atoms with van der Waals surface area (Å²) in [5.74, 6) is 2.37. The van der Waals surface area contributed by atoms with E-state index in [0.717, 1.165) is 37.0 Å². The maximum Gasteiger partial charge on any atom is 0.150 e. The molecule has 0 saturated carbocycles. The first-order chi connectivity index (χ1) is 13.7. The van der Waals surface area contributed by atoms with Crippen molar-refractivity contribution in [3.8, 4) is 17.2 Å². The van der Waals surface area contributed by atoms with Gasteiger partial charge in [-0.15, -0.1) is 0 Å². The molecular formula is C25H34O3. The minimum Gasteiger partial charge on any atom is -0.490 e. The van der Waals surface area contributed by atoms with E-state index in [0.29, 0.717) is 17.4 Å².